The van der Waals surface area contributed by atoms with Crippen LogP contribution in [-0.2, 0) is 0 Å². The van der Waals surface area contributed by atoms with Gasteiger partial charge in [0.05, 0.1) is 5.39 Å². The molecule has 2 heterocycles. The predicted molar refractivity (Wildman–Crippen MR) is 53.3 cm³/mol. The number of ether oxygens (including phenoxy) is 2. The molecule has 0 unspecified atom stereocenters. The lowest BCUT2D eigenvalue weighted by atomic mass is 10.2. The molecule has 1 aromatic heterocycles. The highest BCUT2D eigenvalue weighted by Crippen LogP contribution is 2.35. The van der Waals surface area contributed by atoms with Gasteiger partial charge in [-0.25, -0.2) is 0 Å². The van der Waals surface area contributed by atoms with Crippen molar-refractivity contribution in [3.05, 3.63) is 34.2 Å². The van der Waals surface area contributed by atoms with Crippen LogP contribution in [0.25, 0.3) is 11.0 Å². The van der Waals surface area contributed by atoms with Gasteiger partial charge in [0.15, 0.2) is 16.9 Å². The van der Waals surface area contributed by atoms with E-state index in [-0.39, 0.29) is 12.2 Å². The summed E-state index contributed by atoms with van der Waals surface area (Å²) in [5.41, 5.74) is 0.469. The maximum Gasteiger partial charge on any atom is 0.231 e. The topological polar surface area (TPSA) is 48.7 Å². The highest BCUT2D eigenvalue weighted by Gasteiger charge is 2.16. The molecule has 0 aliphatic carbocycles. The molecule has 0 bridgehead atoms. The molecule has 0 atom stereocenters. The molecule has 15 heavy (non-hydrogen) atoms. The fraction of sp³-hybridized carbons (Fsp3) is 0.182. The lowest BCUT2D eigenvalue weighted by Crippen LogP contribution is -1.99. The number of rotatable bonds is 0. The van der Waals surface area contributed by atoms with E-state index < -0.39 is 0 Å². The summed E-state index contributed by atoms with van der Waals surface area (Å²) < 4.78 is 15.8. The van der Waals surface area contributed by atoms with E-state index in [0.29, 0.717) is 28.2 Å². The third-order valence-electron chi connectivity index (χ3n) is 2.35. The van der Waals surface area contributed by atoms with E-state index >= 15 is 0 Å². The third kappa shape index (κ3) is 1.18. The third-order valence-corrected chi connectivity index (χ3v) is 2.35. The van der Waals surface area contributed by atoms with Crippen molar-refractivity contribution in [3.8, 4) is 11.5 Å². The first-order valence-electron chi connectivity index (χ1n) is 4.58. The van der Waals surface area contributed by atoms with Crippen molar-refractivity contribution in [2.45, 2.75) is 6.92 Å². The zero-order valence-electron chi connectivity index (χ0n) is 8.07. The smallest absolute Gasteiger partial charge is 0.231 e. The van der Waals surface area contributed by atoms with Crippen molar-refractivity contribution in [1.29, 1.82) is 0 Å². The largest absolute Gasteiger partial charge is 0.461 e. The second-order valence-corrected chi connectivity index (χ2v) is 3.42. The van der Waals surface area contributed by atoms with Gasteiger partial charge in [-0.2, -0.15) is 0 Å². The van der Waals surface area contributed by atoms with Crippen molar-refractivity contribution in [1.82, 2.24) is 0 Å². The fourth-order valence-corrected chi connectivity index (χ4v) is 1.67. The minimum atomic E-state index is -0.0629. The summed E-state index contributed by atoms with van der Waals surface area (Å²) >= 11 is 0. The van der Waals surface area contributed by atoms with Crippen LogP contribution >= 0.6 is 0 Å². The van der Waals surface area contributed by atoms with Gasteiger partial charge in [-0.05, 0) is 13.0 Å². The Bertz CT molecular complexity index is 597. The minimum absolute atomic E-state index is 0.0629. The molecule has 4 heteroatoms. The van der Waals surface area contributed by atoms with Crippen LogP contribution in [0.4, 0.5) is 0 Å². The Kier molecular flexibility index (Phi) is 1.54. The van der Waals surface area contributed by atoms with E-state index in [1.54, 1.807) is 19.1 Å². The Morgan fingerprint density at radius 2 is 1.87 bits per heavy atom. The molecule has 76 valence electrons. The van der Waals surface area contributed by atoms with Crippen LogP contribution in [0.3, 0.4) is 0 Å². The number of benzene rings is 1. The minimum Gasteiger partial charge on any atom is -0.461 e. The van der Waals surface area contributed by atoms with Crippen LogP contribution in [0.15, 0.2) is 27.4 Å². The number of aryl methyl sites for hydroxylation is 1. The summed E-state index contributed by atoms with van der Waals surface area (Å²) in [6, 6.07) is 4.81. The van der Waals surface area contributed by atoms with Crippen LogP contribution in [0.2, 0.25) is 0 Å². The molecule has 1 aromatic carbocycles. The summed E-state index contributed by atoms with van der Waals surface area (Å²) in [6.45, 7) is 1.93. The molecule has 3 rings (SSSR count). The van der Waals surface area contributed by atoms with Gasteiger partial charge in [0.2, 0.25) is 6.79 Å². The Morgan fingerprint density at radius 3 is 2.67 bits per heavy atom. The lowest BCUT2D eigenvalue weighted by Gasteiger charge is -2.00. The van der Waals surface area contributed by atoms with Gasteiger partial charge in [0, 0.05) is 12.1 Å². The second kappa shape index (κ2) is 2.76. The van der Waals surface area contributed by atoms with Crippen molar-refractivity contribution < 1.29 is 13.9 Å². The van der Waals surface area contributed by atoms with E-state index in [0.717, 1.165) is 0 Å². The fourth-order valence-electron chi connectivity index (χ4n) is 1.67. The molecular weight excluding hydrogens is 196 g/mol. The van der Waals surface area contributed by atoms with E-state index in [1.807, 2.05) is 0 Å². The standard InChI is InChI=1S/C11H8O4/c1-6-2-8(12)7-3-10-11(14-5-13-10)4-9(7)15-6/h2-4H,5H2,1H3. The first kappa shape index (κ1) is 8.35. The van der Waals surface area contributed by atoms with Gasteiger partial charge >= 0.3 is 0 Å². The van der Waals surface area contributed by atoms with E-state index in [4.69, 9.17) is 13.9 Å². The second-order valence-electron chi connectivity index (χ2n) is 3.42. The summed E-state index contributed by atoms with van der Waals surface area (Å²) in [5, 5.41) is 0.518. The van der Waals surface area contributed by atoms with Gasteiger partial charge < -0.3 is 13.9 Å². The first-order valence-corrected chi connectivity index (χ1v) is 4.58. The number of hydrogen-bond acceptors (Lipinski definition) is 4. The van der Waals surface area contributed by atoms with Crippen LogP contribution < -0.4 is 14.9 Å². The Balaban J connectivity index is 2.43. The van der Waals surface area contributed by atoms with Crippen LogP contribution in [0.1, 0.15) is 5.76 Å². The Labute approximate surface area is 85.0 Å². The molecule has 1 aliphatic rings. The first-order chi connectivity index (χ1) is 7.24. The van der Waals surface area contributed by atoms with Gasteiger partial charge in [0.25, 0.3) is 0 Å². The quantitative estimate of drug-likeness (QED) is 0.656. The SMILES string of the molecule is Cc1cc(=O)c2cc3c(cc2o1)OCO3. The monoisotopic (exact) mass is 204 g/mol. The molecule has 0 spiro atoms. The highest BCUT2D eigenvalue weighted by molar-refractivity contribution is 5.81. The van der Waals surface area contributed by atoms with Crippen LogP contribution in [0.5, 0.6) is 11.5 Å². The normalized spacial score (nSPS) is 13.4. The number of hydrogen-bond donors (Lipinski definition) is 0. The van der Waals surface area contributed by atoms with E-state index in [2.05, 4.69) is 0 Å². The molecule has 1 aliphatic heterocycles. The highest BCUT2D eigenvalue weighted by atomic mass is 16.7. The Hall–Kier alpha value is -1.97. The molecule has 2 aromatic rings. The van der Waals surface area contributed by atoms with Crippen molar-refractivity contribution in [2.24, 2.45) is 0 Å². The van der Waals surface area contributed by atoms with Crippen LogP contribution in [0, 0.1) is 6.92 Å². The zero-order chi connectivity index (χ0) is 10.4. The maximum atomic E-state index is 11.6. The zero-order valence-corrected chi connectivity index (χ0v) is 8.07. The summed E-state index contributed by atoms with van der Waals surface area (Å²) in [6.07, 6.45) is 0. The summed E-state index contributed by atoms with van der Waals surface area (Å²) in [5.74, 6) is 1.81. The molecular formula is C11H8O4. The lowest BCUT2D eigenvalue weighted by molar-refractivity contribution is 0.174. The number of fused-ring (bicyclic) bond motifs is 2. The molecule has 0 fully saturated rings. The average Bonchev–Trinajstić information content (AvgIpc) is 2.61. The maximum absolute atomic E-state index is 11.6. The predicted octanol–water partition coefficient (Wildman–Crippen LogP) is 1.83. The molecule has 0 N–H and O–H groups in total. The van der Waals surface area contributed by atoms with Crippen molar-refractivity contribution in [3.63, 3.8) is 0 Å². The Morgan fingerprint density at radius 1 is 1.13 bits per heavy atom. The van der Waals surface area contributed by atoms with Gasteiger partial charge in [-0.1, -0.05) is 0 Å². The van der Waals surface area contributed by atoms with Gasteiger partial charge in [0.1, 0.15) is 11.3 Å². The van der Waals surface area contributed by atoms with Gasteiger partial charge in [-0.15, -0.1) is 0 Å². The molecule has 0 amide bonds. The van der Waals surface area contributed by atoms with Crippen molar-refractivity contribution in [2.75, 3.05) is 6.79 Å². The summed E-state index contributed by atoms with van der Waals surface area (Å²) in [4.78, 5) is 11.6. The summed E-state index contributed by atoms with van der Waals surface area (Å²) in [7, 11) is 0. The van der Waals surface area contributed by atoms with Crippen LogP contribution in [-0.4, -0.2) is 6.79 Å². The van der Waals surface area contributed by atoms with E-state index in [1.165, 1.54) is 6.07 Å². The molecule has 4 nitrogen and oxygen atoms in total. The van der Waals surface area contributed by atoms with Gasteiger partial charge in [-0.3, -0.25) is 4.79 Å². The molecule has 0 radical (unpaired) electrons. The molecule has 0 saturated carbocycles. The average molecular weight is 204 g/mol. The van der Waals surface area contributed by atoms with E-state index in [9.17, 15) is 4.79 Å². The molecule has 0 saturated heterocycles. The van der Waals surface area contributed by atoms with Crippen molar-refractivity contribution >= 4 is 11.0 Å².